The highest BCUT2D eigenvalue weighted by Gasteiger charge is 2.64. The van der Waals surface area contributed by atoms with Gasteiger partial charge in [0.15, 0.2) is 0 Å². The van der Waals surface area contributed by atoms with E-state index in [0.717, 1.165) is 59.2 Å². The van der Waals surface area contributed by atoms with Gasteiger partial charge in [0.2, 0.25) is 0 Å². The van der Waals surface area contributed by atoms with Crippen LogP contribution in [0, 0.1) is 40.5 Å². The molecule has 9 atom stereocenters. The van der Waals surface area contributed by atoms with Crippen LogP contribution in [0.15, 0.2) is 103 Å². The summed E-state index contributed by atoms with van der Waals surface area (Å²) in [5, 5.41) is 18.7. The number of para-hydroxylation sites is 1. The molecule has 2 unspecified atom stereocenters. The highest BCUT2D eigenvalue weighted by Crippen LogP contribution is 2.62. The molecular formula is C67H72F11N9O. The molecule has 468 valence electrons. The van der Waals surface area contributed by atoms with Crippen molar-refractivity contribution in [3.63, 3.8) is 0 Å². The Morgan fingerprint density at radius 3 is 2.17 bits per heavy atom. The molecule has 1 aliphatic carbocycles. The van der Waals surface area contributed by atoms with Crippen LogP contribution < -0.4 is 15.1 Å². The zero-order valence-corrected chi connectivity index (χ0v) is 49.1. The molecule has 5 aliphatic heterocycles. The number of aromatic amines is 1. The van der Waals surface area contributed by atoms with Crippen LogP contribution in [0.5, 0.6) is 0 Å². The summed E-state index contributed by atoms with van der Waals surface area (Å²) in [6.45, 7) is 1.95. The molecule has 7 heterocycles. The molecule has 5 aromatic carbocycles. The van der Waals surface area contributed by atoms with Crippen molar-refractivity contribution in [3.8, 4) is 11.1 Å². The van der Waals surface area contributed by atoms with Gasteiger partial charge in [-0.1, -0.05) is 36.4 Å². The lowest BCUT2D eigenvalue weighted by Gasteiger charge is -2.44. The van der Waals surface area contributed by atoms with E-state index in [1.165, 1.54) is 41.3 Å². The summed E-state index contributed by atoms with van der Waals surface area (Å²) in [6.07, 6.45) is 2.69. The first-order chi connectivity index (χ1) is 42.2. The van der Waals surface area contributed by atoms with E-state index in [0.29, 0.717) is 86.7 Å². The second-order valence-corrected chi connectivity index (χ2v) is 25.7. The molecule has 3 N–H and O–H groups in total. The lowest BCUT2D eigenvalue weighted by Crippen LogP contribution is -2.51. The van der Waals surface area contributed by atoms with Gasteiger partial charge < -0.3 is 35.0 Å². The predicted molar refractivity (Wildman–Crippen MR) is 317 cm³/mol. The Hall–Kier alpha value is -6.68. The zero-order chi connectivity index (χ0) is 61.6. The first kappa shape index (κ1) is 60.2. The van der Waals surface area contributed by atoms with Crippen LogP contribution in [0.4, 0.5) is 65.4 Å². The Kier molecular flexibility index (Phi) is 16.2. The van der Waals surface area contributed by atoms with Gasteiger partial charge in [-0.15, -0.1) is 0 Å². The Labute approximate surface area is 504 Å². The van der Waals surface area contributed by atoms with E-state index in [2.05, 4.69) is 25.2 Å². The van der Waals surface area contributed by atoms with E-state index in [4.69, 9.17) is 0 Å². The zero-order valence-electron chi connectivity index (χ0n) is 49.1. The Morgan fingerprint density at radius 1 is 0.773 bits per heavy atom. The van der Waals surface area contributed by atoms with Gasteiger partial charge in [-0.3, -0.25) is 18.4 Å². The number of piperidine rings is 1. The SMILES string of the molecule is C[C@@H]1Cc2cc(-c3cnn(C)c3)ccc2[C@@H](c2c(F)cc(N[C@@H]3CN(CCCF)CC34CC4C[C@@H]3Cc4c([nH]c5ccccc45)[C@@H](c4c(F)cc(N5CCC[C@@H]6CN(CCCF)C[C@@H]65)cc4F)N3CC(F)(F)CO)cc2F)N1c1ccc(C(F)(F)F)cc1. The van der Waals surface area contributed by atoms with Gasteiger partial charge in [-0.05, 0) is 147 Å². The third-order valence-corrected chi connectivity index (χ3v) is 20.2. The number of nitrogens with zero attached hydrogens (tertiary/aromatic N) is 7. The molecule has 2 aromatic heterocycles. The van der Waals surface area contributed by atoms with Crippen molar-refractivity contribution >= 4 is 28.0 Å². The number of aliphatic hydroxyl groups is 1. The molecule has 0 bridgehead atoms. The molecule has 1 spiro atoms. The number of fused-ring (bicyclic) bond motifs is 5. The number of anilines is 3. The fourth-order valence-corrected chi connectivity index (χ4v) is 16.1. The molecule has 21 heteroatoms. The molecule has 7 aromatic rings. The fraction of sp³-hybridized carbons (Fsp3) is 0.478. The fourth-order valence-electron chi connectivity index (χ4n) is 16.1. The summed E-state index contributed by atoms with van der Waals surface area (Å²) < 4.78 is 173. The van der Waals surface area contributed by atoms with Crippen molar-refractivity contribution in [3.05, 3.63) is 166 Å². The van der Waals surface area contributed by atoms with E-state index in [9.17, 15) is 27.1 Å². The molecule has 0 radical (unpaired) electrons. The van der Waals surface area contributed by atoms with Crippen LogP contribution in [0.3, 0.4) is 0 Å². The quantitative estimate of drug-likeness (QED) is 0.0734. The molecule has 4 fully saturated rings. The topological polar surface area (TPSA) is 82.1 Å². The Balaban J connectivity index is 0.831. The number of halogens is 11. The maximum absolute atomic E-state index is 17.5. The van der Waals surface area contributed by atoms with Crippen molar-refractivity contribution in [2.45, 2.75) is 107 Å². The molecule has 13 rings (SSSR count). The summed E-state index contributed by atoms with van der Waals surface area (Å²) >= 11 is 0. The van der Waals surface area contributed by atoms with Crippen LogP contribution in [0.1, 0.15) is 96.6 Å². The van der Waals surface area contributed by atoms with Crippen LogP contribution in [0.2, 0.25) is 0 Å². The van der Waals surface area contributed by atoms with E-state index in [1.807, 2.05) is 54.4 Å². The third-order valence-electron chi connectivity index (χ3n) is 20.2. The van der Waals surface area contributed by atoms with Gasteiger partial charge in [0.1, 0.15) is 29.9 Å². The Morgan fingerprint density at radius 2 is 1.48 bits per heavy atom. The van der Waals surface area contributed by atoms with Crippen molar-refractivity contribution in [2.24, 2.45) is 24.3 Å². The van der Waals surface area contributed by atoms with E-state index in [-0.39, 0.29) is 48.4 Å². The summed E-state index contributed by atoms with van der Waals surface area (Å²) in [5.41, 5.74) is 3.36. The number of alkyl halides is 7. The van der Waals surface area contributed by atoms with Crippen LogP contribution in [0.25, 0.3) is 22.0 Å². The highest BCUT2D eigenvalue weighted by molar-refractivity contribution is 5.85. The number of likely N-dealkylation sites (tertiary alicyclic amines) is 2. The van der Waals surface area contributed by atoms with Gasteiger partial charge >= 0.3 is 6.18 Å². The number of rotatable bonds is 18. The molecule has 3 saturated heterocycles. The van der Waals surface area contributed by atoms with Gasteiger partial charge in [0.05, 0.1) is 49.3 Å². The van der Waals surface area contributed by atoms with Crippen molar-refractivity contribution in [1.29, 1.82) is 0 Å². The van der Waals surface area contributed by atoms with E-state index in [1.54, 1.807) is 28.9 Å². The third kappa shape index (κ3) is 11.2. The number of aromatic nitrogens is 3. The number of hydrogen-bond acceptors (Lipinski definition) is 8. The molecule has 6 aliphatic rings. The molecule has 10 nitrogen and oxygen atoms in total. The summed E-state index contributed by atoms with van der Waals surface area (Å²) in [5.74, 6) is -7.32. The second-order valence-electron chi connectivity index (χ2n) is 25.7. The van der Waals surface area contributed by atoms with Gasteiger partial charge in [0, 0.05) is 133 Å². The predicted octanol–water partition coefficient (Wildman–Crippen LogP) is 13.4. The molecule has 88 heavy (non-hydrogen) atoms. The van der Waals surface area contributed by atoms with Crippen LogP contribution in [-0.2, 0) is 26.1 Å². The Bertz CT molecular complexity index is 3640. The van der Waals surface area contributed by atoms with Crippen molar-refractivity contribution in [2.75, 3.05) is 87.4 Å². The minimum Gasteiger partial charge on any atom is -0.390 e. The minimum atomic E-state index is -4.62. The second kappa shape index (κ2) is 23.6. The maximum Gasteiger partial charge on any atom is 0.416 e. The largest absolute Gasteiger partial charge is 0.416 e. The number of aliphatic hydroxyl groups excluding tert-OH is 1. The summed E-state index contributed by atoms with van der Waals surface area (Å²) in [4.78, 5) is 12.9. The number of aryl methyl sites for hydroxylation is 1. The van der Waals surface area contributed by atoms with Gasteiger partial charge in [0.25, 0.3) is 5.92 Å². The first-order valence-electron chi connectivity index (χ1n) is 30.7. The normalized spacial score (nSPS) is 25.9. The number of hydrogen-bond donors (Lipinski definition) is 3. The highest BCUT2D eigenvalue weighted by atomic mass is 19.4. The standard InChI is InChI=1S/C67H72F11N9O/c1-39-22-42-23-40(43-31-79-82(2)32-43)11-16-50(42)63(87(39)47-14-12-44(13-15-47)67(76,77)78)60-53(70)25-46(26-54(60)71)80-59-35-84(20-7-18-69)36-65(59)30-45(65)24-48-27-52-51-9-3-4-10-57(51)81-62(52)64(86(48)37-66(74,75)38-88)61-55(72)28-49(29-56(61)73)85-21-5-8-41-33-83(19-6-17-68)34-58(41)85/h3-4,9-16,23,25-26,28-29,31-32,39,41,45,48,58-59,63-64,80-81,88H,5-8,17-22,24,27,30,33-38H2,1-2H3/t39-,41-,45?,48-,58+,59-,63+,64-,65?/m1/s1. The monoisotopic (exact) mass is 1230 g/mol. The van der Waals surface area contributed by atoms with Crippen molar-refractivity contribution < 1.29 is 53.4 Å². The molecule has 1 saturated carbocycles. The smallest absolute Gasteiger partial charge is 0.390 e. The van der Waals surface area contributed by atoms with Gasteiger partial charge in [-0.25, -0.2) is 26.3 Å². The number of H-pyrrole nitrogens is 1. The van der Waals surface area contributed by atoms with Crippen LogP contribution in [-0.4, -0.2) is 137 Å². The summed E-state index contributed by atoms with van der Waals surface area (Å²) in [7, 11) is 1.79. The summed E-state index contributed by atoms with van der Waals surface area (Å²) in [6, 6.07) is 18.3. The van der Waals surface area contributed by atoms with Crippen LogP contribution >= 0.6 is 0 Å². The van der Waals surface area contributed by atoms with Crippen molar-refractivity contribution in [1.82, 2.24) is 29.5 Å². The maximum atomic E-state index is 17.5. The van der Waals surface area contributed by atoms with Gasteiger partial charge in [-0.2, -0.15) is 18.3 Å². The minimum absolute atomic E-state index is 0.0476. The average Bonchev–Trinajstić information content (AvgIpc) is 1.50. The molecular weight excluding hydrogens is 1160 g/mol. The first-order valence-corrected chi connectivity index (χ1v) is 30.7. The lowest BCUT2D eigenvalue weighted by atomic mass is 9.82. The average molecular weight is 1230 g/mol. The number of benzene rings is 5. The lowest BCUT2D eigenvalue weighted by molar-refractivity contribution is -0.137. The van der Waals surface area contributed by atoms with E-state index < -0.39 is 109 Å². The number of nitrogens with one attached hydrogen (secondary N) is 2. The van der Waals surface area contributed by atoms with E-state index >= 15 is 26.3 Å². The molecule has 0 amide bonds.